The van der Waals surface area contributed by atoms with Crippen LogP contribution in [0.2, 0.25) is 0 Å². The van der Waals surface area contributed by atoms with E-state index in [0.29, 0.717) is 6.04 Å². The van der Waals surface area contributed by atoms with Crippen LogP contribution in [0.4, 0.5) is 0 Å². The first kappa shape index (κ1) is 19.6. The van der Waals surface area contributed by atoms with Gasteiger partial charge < -0.3 is 10.6 Å². The van der Waals surface area contributed by atoms with Crippen molar-refractivity contribution in [2.75, 3.05) is 44.7 Å². The zero-order valence-corrected chi connectivity index (χ0v) is 15.8. The Labute approximate surface area is 141 Å². The molecule has 0 aliphatic carbocycles. The third-order valence-electron chi connectivity index (χ3n) is 4.37. The zero-order valence-electron chi connectivity index (χ0n) is 15.0. The average Bonchev–Trinajstić information content (AvgIpc) is 2.52. The molecule has 2 N–H and O–H groups in total. The molecule has 0 bridgehead atoms. The highest BCUT2D eigenvalue weighted by atomic mass is 32.2. The van der Waals surface area contributed by atoms with Crippen LogP contribution in [-0.4, -0.2) is 61.6 Å². The molecule has 1 fully saturated rings. The van der Waals surface area contributed by atoms with Crippen LogP contribution in [0.3, 0.4) is 0 Å². The Bertz CT molecular complexity index is 301. The van der Waals surface area contributed by atoms with Crippen molar-refractivity contribution >= 4 is 17.7 Å². The summed E-state index contributed by atoms with van der Waals surface area (Å²) in [7, 11) is 0. The normalized spacial score (nSPS) is 19.2. The number of thioether (sulfide) groups is 1. The number of nitrogens with zero attached hydrogens (tertiary/aromatic N) is 2. The van der Waals surface area contributed by atoms with Gasteiger partial charge in [-0.2, -0.15) is 11.8 Å². The third-order valence-corrected chi connectivity index (χ3v) is 5.06. The summed E-state index contributed by atoms with van der Waals surface area (Å²) in [5.41, 5.74) is 0. The predicted octanol–water partition coefficient (Wildman–Crippen LogP) is 2.81. The lowest BCUT2D eigenvalue weighted by atomic mass is 9.98. The van der Waals surface area contributed by atoms with E-state index in [-0.39, 0.29) is 0 Å². The second-order valence-corrected chi connectivity index (χ2v) is 7.40. The third kappa shape index (κ3) is 8.28. The molecular formula is C17H36N4S. The molecule has 130 valence electrons. The van der Waals surface area contributed by atoms with Crippen LogP contribution in [0, 0.1) is 5.92 Å². The number of hydrogen-bond acceptors (Lipinski definition) is 3. The molecule has 1 aliphatic heterocycles. The highest BCUT2D eigenvalue weighted by Crippen LogP contribution is 2.17. The van der Waals surface area contributed by atoms with E-state index in [1.807, 2.05) is 11.8 Å². The molecular weight excluding hydrogens is 292 g/mol. The lowest BCUT2D eigenvalue weighted by Crippen LogP contribution is -2.43. The van der Waals surface area contributed by atoms with Crippen LogP contribution >= 0.6 is 11.8 Å². The van der Waals surface area contributed by atoms with E-state index in [1.165, 1.54) is 44.5 Å². The molecule has 0 aromatic heterocycles. The second-order valence-electron chi connectivity index (χ2n) is 6.41. The van der Waals surface area contributed by atoms with Crippen molar-refractivity contribution in [2.45, 2.75) is 52.5 Å². The van der Waals surface area contributed by atoms with Gasteiger partial charge in [-0.05, 0) is 70.5 Å². The maximum Gasteiger partial charge on any atom is 0.191 e. The summed E-state index contributed by atoms with van der Waals surface area (Å²) in [5.74, 6) is 3.12. The van der Waals surface area contributed by atoms with Crippen molar-refractivity contribution in [1.82, 2.24) is 15.5 Å². The molecule has 1 rings (SSSR count). The molecule has 1 aliphatic rings. The van der Waals surface area contributed by atoms with Gasteiger partial charge in [0, 0.05) is 19.1 Å². The number of aliphatic imine (C=N–C) groups is 1. The molecule has 1 saturated heterocycles. The van der Waals surface area contributed by atoms with Gasteiger partial charge in [-0.25, -0.2) is 0 Å². The van der Waals surface area contributed by atoms with Crippen LogP contribution < -0.4 is 10.6 Å². The first-order valence-corrected chi connectivity index (χ1v) is 10.3. The predicted molar refractivity (Wildman–Crippen MR) is 101 cm³/mol. The fourth-order valence-corrected chi connectivity index (χ4v) is 3.22. The van der Waals surface area contributed by atoms with E-state index in [1.54, 1.807) is 0 Å². The number of likely N-dealkylation sites (tertiary alicyclic amines) is 1. The molecule has 4 nitrogen and oxygen atoms in total. The summed E-state index contributed by atoms with van der Waals surface area (Å²) in [5, 5.41) is 6.81. The number of unbranched alkanes of at least 4 members (excludes halogenated alkanes) is 1. The van der Waals surface area contributed by atoms with E-state index < -0.39 is 0 Å². The van der Waals surface area contributed by atoms with Gasteiger partial charge >= 0.3 is 0 Å². The Morgan fingerprint density at radius 2 is 2.00 bits per heavy atom. The molecule has 1 atom stereocenters. The number of nitrogens with one attached hydrogen (secondary N) is 2. The molecule has 0 radical (unpaired) electrons. The molecule has 1 unspecified atom stereocenters. The summed E-state index contributed by atoms with van der Waals surface area (Å²) in [4.78, 5) is 7.36. The molecule has 0 aromatic rings. The minimum absolute atomic E-state index is 0.541. The smallest absolute Gasteiger partial charge is 0.191 e. The Balaban J connectivity index is 2.30. The maximum atomic E-state index is 4.77. The topological polar surface area (TPSA) is 39.7 Å². The van der Waals surface area contributed by atoms with Crippen LogP contribution in [-0.2, 0) is 0 Å². The molecule has 0 aromatic carbocycles. The number of guanidine groups is 1. The maximum absolute atomic E-state index is 4.77. The number of piperidine rings is 1. The molecule has 5 heteroatoms. The van der Waals surface area contributed by atoms with Crippen molar-refractivity contribution < 1.29 is 0 Å². The highest BCUT2D eigenvalue weighted by molar-refractivity contribution is 7.98. The molecule has 0 amide bonds. The van der Waals surface area contributed by atoms with Gasteiger partial charge in [0.2, 0.25) is 0 Å². The van der Waals surface area contributed by atoms with Gasteiger partial charge in [-0.15, -0.1) is 0 Å². The fourth-order valence-electron chi connectivity index (χ4n) is 2.73. The van der Waals surface area contributed by atoms with Gasteiger partial charge in [-0.1, -0.05) is 6.92 Å². The van der Waals surface area contributed by atoms with Crippen molar-refractivity contribution in [3.8, 4) is 0 Å². The largest absolute Gasteiger partial charge is 0.357 e. The van der Waals surface area contributed by atoms with E-state index in [9.17, 15) is 0 Å². The van der Waals surface area contributed by atoms with Crippen molar-refractivity contribution in [1.29, 1.82) is 0 Å². The molecule has 22 heavy (non-hydrogen) atoms. The Hall–Kier alpha value is -0.420. The fraction of sp³-hybridized carbons (Fsp3) is 0.941. The highest BCUT2D eigenvalue weighted by Gasteiger charge is 2.19. The summed E-state index contributed by atoms with van der Waals surface area (Å²) in [6.45, 7) is 12.1. The van der Waals surface area contributed by atoms with Gasteiger partial charge in [-0.3, -0.25) is 9.89 Å². The van der Waals surface area contributed by atoms with Gasteiger partial charge in [0.1, 0.15) is 0 Å². The van der Waals surface area contributed by atoms with Crippen LogP contribution in [0.15, 0.2) is 4.99 Å². The van der Waals surface area contributed by atoms with Crippen LogP contribution in [0.1, 0.15) is 46.5 Å². The second kappa shape index (κ2) is 12.1. The zero-order chi connectivity index (χ0) is 16.2. The SMILES string of the molecule is CCNC(=NCC(C)N1CCC(C)CC1)NCCCCSC. The summed E-state index contributed by atoms with van der Waals surface area (Å²) < 4.78 is 0. The average molecular weight is 329 g/mol. The first-order chi connectivity index (χ1) is 10.7. The Kier molecular flexibility index (Phi) is 10.8. The van der Waals surface area contributed by atoms with Crippen molar-refractivity contribution in [2.24, 2.45) is 10.9 Å². The van der Waals surface area contributed by atoms with E-state index >= 15 is 0 Å². The van der Waals surface area contributed by atoms with E-state index in [4.69, 9.17) is 4.99 Å². The number of rotatable bonds is 9. The monoisotopic (exact) mass is 328 g/mol. The standard InChI is InChI=1S/C17H36N4S/c1-5-18-17(19-10-6-7-13-22-4)20-14-16(3)21-11-8-15(2)9-12-21/h15-16H,5-14H2,1-4H3,(H2,18,19,20). The summed E-state index contributed by atoms with van der Waals surface area (Å²) in [6.07, 6.45) is 7.33. The van der Waals surface area contributed by atoms with E-state index in [0.717, 1.165) is 31.5 Å². The first-order valence-electron chi connectivity index (χ1n) is 8.92. The minimum atomic E-state index is 0.541. The molecule has 1 heterocycles. The Morgan fingerprint density at radius 3 is 2.64 bits per heavy atom. The molecule has 0 saturated carbocycles. The summed E-state index contributed by atoms with van der Waals surface area (Å²) in [6, 6.07) is 0.541. The molecule has 0 spiro atoms. The lowest BCUT2D eigenvalue weighted by Gasteiger charge is -2.34. The summed E-state index contributed by atoms with van der Waals surface area (Å²) >= 11 is 1.92. The van der Waals surface area contributed by atoms with Crippen molar-refractivity contribution in [3.05, 3.63) is 0 Å². The number of hydrogen-bond donors (Lipinski definition) is 2. The minimum Gasteiger partial charge on any atom is -0.357 e. The lowest BCUT2D eigenvalue weighted by molar-refractivity contribution is 0.150. The van der Waals surface area contributed by atoms with E-state index in [2.05, 4.69) is 42.6 Å². The Morgan fingerprint density at radius 1 is 1.27 bits per heavy atom. The van der Waals surface area contributed by atoms with Crippen molar-refractivity contribution in [3.63, 3.8) is 0 Å². The van der Waals surface area contributed by atoms with Crippen LogP contribution in [0.5, 0.6) is 0 Å². The van der Waals surface area contributed by atoms with Gasteiger partial charge in [0.25, 0.3) is 0 Å². The van der Waals surface area contributed by atoms with Gasteiger partial charge in [0.15, 0.2) is 5.96 Å². The van der Waals surface area contributed by atoms with Gasteiger partial charge in [0.05, 0.1) is 6.54 Å². The quantitative estimate of drug-likeness (QED) is 0.388. The van der Waals surface area contributed by atoms with Crippen LogP contribution in [0.25, 0.3) is 0 Å².